The number of rotatable bonds is 8. The second kappa shape index (κ2) is 7.78. The van der Waals surface area contributed by atoms with Gasteiger partial charge in [-0.05, 0) is 25.3 Å². The molecule has 0 unspecified atom stereocenters. The Hall–Kier alpha value is -2.70. The van der Waals surface area contributed by atoms with E-state index in [1.807, 2.05) is 0 Å². The van der Waals surface area contributed by atoms with Crippen molar-refractivity contribution in [2.24, 2.45) is 0 Å². The second-order valence-electron chi connectivity index (χ2n) is 4.39. The molecule has 0 saturated heterocycles. The molecule has 0 aromatic heterocycles. The molecule has 1 aromatic carbocycles. The van der Waals surface area contributed by atoms with Crippen molar-refractivity contribution in [3.05, 3.63) is 52.6 Å². The molecule has 0 fully saturated rings. The Morgan fingerprint density at radius 2 is 2.19 bits per heavy atom. The lowest BCUT2D eigenvalue weighted by Crippen LogP contribution is -2.40. The van der Waals surface area contributed by atoms with Gasteiger partial charge in [-0.1, -0.05) is 12.1 Å². The summed E-state index contributed by atoms with van der Waals surface area (Å²) < 4.78 is 0. The number of carbonyl (C=O) groups excluding carboxylic acids is 1. The normalized spacial score (nSPS) is 11.4. The summed E-state index contributed by atoms with van der Waals surface area (Å²) in [5, 5.41) is 22.1. The van der Waals surface area contributed by atoms with Crippen LogP contribution in [0.15, 0.2) is 36.9 Å². The first-order valence-corrected chi connectivity index (χ1v) is 6.34. The lowest BCUT2D eigenvalue weighted by Gasteiger charge is -2.14. The van der Waals surface area contributed by atoms with Gasteiger partial charge in [0.25, 0.3) is 11.6 Å². The number of aliphatic carboxylic acids is 1. The number of carboxylic acid groups (broad SMARTS) is 1. The van der Waals surface area contributed by atoms with E-state index in [4.69, 9.17) is 5.11 Å². The van der Waals surface area contributed by atoms with Gasteiger partial charge in [-0.3, -0.25) is 14.9 Å². The first-order chi connectivity index (χ1) is 9.95. The quantitative estimate of drug-likeness (QED) is 0.330. The number of nitrogens with one attached hydrogen (secondary N) is 1. The molecule has 7 nitrogen and oxygen atoms in total. The fourth-order valence-corrected chi connectivity index (χ4v) is 1.73. The fourth-order valence-electron chi connectivity index (χ4n) is 1.73. The van der Waals surface area contributed by atoms with Crippen molar-refractivity contribution in [2.75, 3.05) is 0 Å². The summed E-state index contributed by atoms with van der Waals surface area (Å²) in [6.07, 6.45) is 3.16. The average molecular weight is 292 g/mol. The smallest absolute Gasteiger partial charge is 0.326 e. The molecule has 0 radical (unpaired) electrons. The molecule has 7 heteroatoms. The van der Waals surface area contributed by atoms with Crippen LogP contribution in [0.4, 0.5) is 5.69 Å². The maximum absolute atomic E-state index is 11.9. The minimum absolute atomic E-state index is 0.0548. The van der Waals surface area contributed by atoms with E-state index in [0.717, 1.165) is 6.07 Å². The van der Waals surface area contributed by atoms with Crippen molar-refractivity contribution in [1.82, 2.24) is 5.32 Å². The van der Waals surface area contributed by atoms with Gasteiger partial charge in [0, 0.05) is 17.7 Å². The van der Waals surface area contributed by atoms with Gasteiger partial charge in [-0.2, -0.15) is 0 Å². The number of hydrogen-bond acceptors (Lipinski definition) is 4. The topological polar surface area (TPSA) is 110 Å². The number of allylic oxidation sites excluding steroid dienone is 1. The van der Waals surface area contributed by atoms with Crippen molar-refractivity contribution in [2.45, 2.75) is 25.3 Å². The van der Waals surface area contributed by atoms with E-state index in [9.17, 15) is 19.7 Å². The number of benzene rings is 1. The minimum Gasteiger partial charge on any atom is -0.480 e. The lowest BCUT2D eigenvalue weighted by molar-refractivity contribution is -0.384. The third kappa shape index (κ3) is 5.06. The maximum Gasteiger partial charge on any atom is 0.326 e. The largest absolute Gasteiger partial charge is 0.480 e. The van der Waals surface area contributed by atoms with Crippen LogP contribution in [0.2, 0.25) is 0 Å². The molecular formula is C14H16N2O5. The average Bonchev–Trinajstić information content (AvgIpc) is 2.46. The molecule has 1 amide bonds. The summed E-state index contributed by atoms with van der Waals surface area (Å²) in [6, 6.07) is 4.11. The fraction of sp³-hybridized carbons (Fsp3) is 0.286. The molecule has 112 valence electrons. The monoisotopic (exact) mass is 292 g/mol. The van der Waals surface area contributed by atoms with Gasteiger partial charge in [-0.15, -0.1) is 6.58 Å². The molecule has 0 spiro atoms. The number of nitro groups is 1. The number of carbonyl (C=O) groups is 2. The Kier molecular flexibility index (Phi) is 6.06. The van der Waals surface area contributed by atoms with Gasteiger partial charge in [0.05, 0.1) is 4.92 Å². The molecule has 0 aliphatic carbocycles. The molecule has 0 bridgehead atoms. The van der Waals surface area contributed by atoms with Crippen LogP contribution in [0.5, 0.6) is 0 Å². The highest BCUT2D eigenvalue weighted by molar-refractivity contribution is 5.97. The zero-order valence-corrected chi connectivity index (χ0v) is 11.3. The van der Waals surface area contributed by atoms with E-state index >= 15 is 0 Å². The van der Waals surface area contributed by atoms with Crippen molar-refractivity contribution >= 4 is 17.6 Å². The highest BCUT2D eigenvalue weighted by Crippen LogP contribution is 2.13. The number of amides is 1. The Labute approximate surface area is 121 Å². The molecule has 0 heterocycles. The molecule has 1 atom stereocenters. The lowest BCUT2D eigenvalue weighted by atomic mass is 10.1. The van der Waals surface area contributed by atoms with Crippen LogP contribution in [0.3, 0.4) is 0 Å². The van der Waals surface area contributed by atoms with Crippen molar-refractivity contribution in [3.63, 3.8) is 0 Å². The molecular weight excluding hydrogens is 276 g/mol. The van der Waals surface area contributed by atoms with Gasteiger partial charge >= 0.3 is 5.97 Å². The standard InChI is InChI=1S/C14H16N2O5/c1-2-3-4-8-12(14(18)19)15-13(17)10-6-5-7-11(9-10)16(20)21/h2,5-7,9,12H,1,3-4,8H2,(H,15,17)(H,18,19)/t12-/m0/s1. The summed E-state index contributed by atoms with van der Waals surface area (Å²) in [6.45, 7) is 3.54. The third-order valence-corrected chi connectivity index (χ3v) is 2.82. The van der Waals surface area contributed by atoms with E-state index < -0.39 is 22.8 Å². The molecule has 1 aromatic rings. The Morgan fingerprint density at radius 1 is 1.48 bits per heavy atom. The van der Waals surface area contributed by atoms with Crippen LogP contribution in [0, 0.1) is 10.1 Å². The van der Waals surface area contributed by atoms with E-state index in [-0.39, 0.29) is 17.7 Å². The van der Waals surface area contributed by atoms with Gasteiger partial charge in [-0.25, -0.2) is 4.79 Å². The zero-order valence-electron chi connectivity index (χ0n) is 11.3. The number of hydrogen-bond donors (Lipinski definition) is 2. The van der Waals surface area contributed by atoms with Crippen molar-refractivity contribution in [3.8, 4) is 0 Å². The summed E-state index contributed by atoms with van der Waals surface area (Å²) >= 11 is 0. The van der Waals surface area contributed by atoms with E-state index in [2.05, 4.69) is 11.9 Å². The number of unbranched alkanes of at least 4 members (excludes halogenated alkanes) is 1. The molecule has 21 heavy (non-hydrogen) atoms. The zero-order chi connectivity index (χ0) is 15.8. The van der Waals surface area contributed by atoms with Crippen LogP contribution in [-0.2, 0) is 4.79 Å². The van der Waals surface area contributed by atoms with Crippen LogP contribution in [-0.4, -0.2) is 27.9 Å². The molecule has 0 aliphatic rings. The second-order valence-corrected chi connectivity index (χ2v) is 4.39. The Balaban J connectivity index is 2.77. The molecule has 0 aliphatic heterocycles. The van der Waals surface area contributed by atoms with Crippen LogP contribution < -0.4 is 5.32 Å². The molecule has 2 N–H and O–H groups in total. The SMILES string of the molecule is C=CCCC[C@H](NC(=O)c1cccc([N+](=O)[O-])c1)C(=O)O. The molecule has 1 rings (SSSR count). The van der Waals surface area contributed by atoms with Gasteiger partial charge in [0.2, 0.25) is 0 Å². The predicted molar refractivity (Wildman–Crippen MR) is 76.0 cm³/mol. The van der Waals surface area contributed by atoms with Crippen molar-refractivity contribution < 1.29 is 19.6 Å². The van der Waals surface area contributed by atoms with Crippen LogP contribution in [0.25, 0.3) is 0 Å². The maximum atomic E-state index is 11.9. The van der Waals surface area contributed by atoms with Crippen molar-refractivity contribution in [1.29, 1.82) is 0 Å². The van der Waals surface area contributed by atoms with Gasteiger partial charge in [0.1, 0.15) is 6.04 Å². The number of nitrogens with zero attached hydrogens (tertiary/aromatic N) is 1. The third-order valence-electron chi connectivity index (χ3n) is 2.82. The number of carboxylic acids is 1. The number of nitro benzene ring substituents is 1. The summed E-state index contributed by atoms with van der Waals surface area (Å²) in [7, 11) is 0. The summed E-state index contributed by atoms with van der Waals surface area (Å²) in [5.41, 5.74) is -0.166. The van der Waals surface area contributed by atoms with Crippen LogP contribution >= 0.6 is 0 Å². The Bertz CT molecular complexity index is 556. The first kappa shape index (κ1) is 16.4. The van der Waals surface area contributed by atoms with E-state index in [1.165, 1.54) is 18.2 Å². The Morgan fingerprint density at radius 3 is 2.76 bits per heavy atom. The first-order valence-electron chi connectivity index (χ1n) is 6.34. The summed E-state index contributed by atoms with van der Waals surface area (Å²) in [5.74, 6) is -1.79. The summed E-state index contributed by atoms with van der Waals surface area (Å²) in [4.78, 5) is 33.1. The van der Waals surface area contributed by atoms with E-state index in [1.54, 1.807) is 6.08 Å². The van der Waals surface area contributed by atoms with Crippen LogP contribution in [0.1, 0.15) is 29.6 Å². The minimum atomic E-state index is -1.14. The number of non-ortho nitro benzene ring substituents is 1. The predicted octanol–water partition coefficient (Wildman–Crippen LogP) is 2.13. The van der Waals surface area contributed by atoms with Gasteiger partial charge < -0.3 is 10.4 Å². The molecule has 0 saturated carbocycles. The van der Waals surface area contributed by atoms with E-state index in [0.29, 0.717) is 12.8 Å². The van der Waals surface area contributed by atoms with Gasteiger partial charge in [0.15, 0.2) is 0 Å². The highest BCUT2D eigenvalue weighted by atomic mass is 16.6. The highest BCUT2D eigenvalue weighted by Gasteiger charge is 2.21.